The fourth-order valence-electron chi connectivity index (χ4n) is 2.52. The van der Waals surface area contributed by atoms with Gasteiger partial charge in [0, 0.05) is 23.6 Å². The first-order chi connectivity index (χ1) is 12.0. The minimum absolute atomic E-state index is 0.0551. The number of nitro benzene ring substituents is 1. The summed E-state index contributed by atoms with van der Waals surface area (Å²) in [6.45, 7) is 1.47. The Hall–Kier alpha value is -2.67. The van der Waals surface area contributed by atoms with Gasteiger partial charge in [0.15, 0.2) is 0 Å². The first kappa shape index (κ1) is 17.2. The lowest BCUT2D eigenvalue weighted by Gasteiger charge is -2.11. The number of carbonyl (C=O) groups is 1. The molecule has 2 aromatic rings. The van der Waals surface area contributed by atoms with Crippen molar-refractivity contribution in [2.45, 2.75) is 13.0 Å². The fraction of sp³-hybridized carbons (Fsp3) is 0.200. The molecule has 0 saturated heterocycles. The van der Waals surface area contributed by atoms with E-state index in [1.807, 2.05) is 0 Å². The number of nitro groups is 1. The Morgan fingerprint density at radius 2 is 2.24 bits per heavy atom. The minimum atomic E-state index is -0.571. The van der Waals surface area contributed by atoms with Crippen LogP contribution in [-0.4, -0.2) is 17.5 Å². The van der Waals surface area contributed by atoms with Crippen molar-refractivity contribution in [3.05, 3.63) is 49.3 Å². The molecular weight excluding hydrogens is 366 g/mol. The number of fused-ring (bicyclic) bond motifs is 1. The number of halogens is 1. The van der Waals surface area contributed by atoms with E-state index in [4.69, 9.17) is 11.6 Å². The monoisotopic (exact) mass is 377 g/mol. The maximum atomic E-state index is 12.2. The van der Waals surface area contributed by atoms with E-state index in [-0.39, 0.29) is 16.4 Å². The predicted molar refractivity (Wildman–Crippen MR) is 95.2 cm³/mol. The number of anilines is 2. The molecule has 10 heteroatoms. The van der Waals surface area contributed by atoms with Gasteiger partial charge >= 0.3 is 6.03 Å². The minimum Gasteiger partial charge on any atom is -0.312 e. The van der Waals surface area contributed by atoms with E-state index in [1.165, 1.54) is 23.5 Å². The Kier molecular flexibility index (Phi) is 4.85. The number of rotatable bonds is 3. The van der Waals surface area contributed by atoms with Gasteiger partial charge in [0.1, 0.15) is 11.1 Å². The summed E-state index contributed by atoms with van der Waals surface area (Å²) in [4.78, 5) is 23.4. The van der Waals surface area contributed by atoms with Gasteiger partial charge in [0.05, 0.1) is 21.2 Å². The molecule has 1 aliphatic rings. The fourth-order valence-corrected chi connectivity index (χ4v) is 3.90. The summed E-state index contributed by atoms with van der Waals surface area (Å²) in [7, 11) is 0. The van der Waals surface area contributed by atoms with Gasteiger partial charge in [-0.3, -0.25) is 15.4 Å². The molecule has 0 atom stereocenters. The number of amides is 2. The summed E-state index contributed by atoms with van der Waals surface area (Å²) < 4.78 is 0. The van der Waals surface area contributed by atoms with Crippen LogP contribution >= 0.6 is 22.9 Å². The van der Waals surface area contributed by atoms with Crippen LogP contribution in [0.3, 0.4) is 0 Å². The van der Waals surface area contributed by atoms with Crippen molar-refractivity contribution in [2.75, 3.05) is 17.2 Å². The smallest absolute Gasteiger partial charge is 0.312 e. The SMILES string of the molecule is N#Cc1c(NC(=O)Nc2ccc([N+](=O)[O-])cc2Cl)sc2c1CCNC2. The van der Waals surface area contributed by atoms with Crippen LogP contribution in [0.25, 0.3) is 0 Å². The molecule has 0 saturated carbocycles. The van der Waals surface area contributed by atoms with Crippen LogP contribution in [0.5, 0.6) is 0 Å². The van der Waals surface area contributed by atoms with Gasteiger partial charge in [-0.1, -0.05) is 11.6 Å². The average Bonchev–Trinajstić information content (AvgIpc) is 2.93. The highest BCUT2D eigenvalue weighted by molar-refractivity contribution is 7.16. The standard InChI is InChI=1S/C15H12ClN5O3S/c16-11-5-8(21(23)24)1-2-12(11)19-15(22)20-14-10(6-17)9-3-4-18-7-13(9)25-14/h1-2,5,18H,3-4,7H2,(H2,19,20,22). The van der Waals surface area contributed by atoms with Crippen molar-refractivity contribution in [2.24, 2.45) is 0 Å². The molecule has 2 heterocycles. The van der Waals surface area contributed by atoms with Crippen LogP contribution in [0.15, 0.2) is 18.2 Å². The van der Waals surface area contributed by atoms with Crippen molar-refractivity contribution in [3.8, 4) is 6.07 Å². The molecule has 2 amide bonds. The normalized spacial score (nSPS) is 12.8. The van der Waals surface area contributed by atoms with E-state index >= 15 is 0 Å². The second kappa shape index (κ2) is 7.06. The topological polar surface area (TPSA) is 120 Å². The van der Waals surface area contributed by atoms with Crippen LogP contribution in [0.2, 0.25) is 5.02 Å². The second-order valence-electron chi connectivity index (χ2n) is 5.25. The summed E-state index contributed by atoms with van der Waals surface area (Å²) in [5.74, 6) is 0. The molecule has 1 aliphatic heterocycles. The van der Waals surface area contributed by atoms with Gasteiger partial charge in [-0.2, -0.15) is 5.26 Å². The van der Waals surface area contributed by atoms with E-state index in [9.17, 15) is 20.2 Å². The van der Waals surface area contributed by atoms with Crippen LogP contribution in [0.1, 0.15) is 16.0 Å². The highest BCUT2D eigenvalue weighted by atomic mass is 35.5. The van der Waals surface area contributed by atoms with Crippen molar-refractivity contribution in [1.82, 2.24) is 5.32 Å². The van der Waals surface area contributed by atoms with Crippen LogP contribution in [0.4, 0.5) is 21.2 Å². The number of hydrogen-bond acceptors (Lipinski definition) is 6. The third-order valence-electron chi connectivity index (χ3n) is 3.68. The molecule has 128 valence electrons. The third-order valence-corrected chi connectivity index (χ3v) is 5.14. The molecule has 1 aromatic carbocycles. The number of nitrogens with zero attached hydrogens (tertiary/aromatic N) is 2. The molecule has 0 aliphatic carbocycles. The number of nitriles is 1. The summed E-state index contributed by atoms with van der Waals surface area (Å²) >= 11 is 7.31. The Morgan fingerprint density at radius 1 is 1.44 bits per heavy atom. The Bertz CT molecular complexity index is 905. The van der Waals surface area contributed by atoms with Crippen molar-refractivity contribution in [1.29, 1.82) is 5.26 Å². The maximum Gasteiger partial charge on any atom is 0.324 e. The molecule has 3 N–H and O–H groups in total. The zero-order valence-electron chi connectivity index (χ0n) is 12.8. The van der Waals surface area contributed by atoms with Gasteiger partial charge in [-0.15, -0.1) is 11.3 Å². The molecule has 3 rings (SSSR count). The molecule has 0 unspecified atom stereocenters. The van der Waals surface area contributed by atoms with Crippen LogP contribution < -0.4 is 16.0 Å². The summed E-state index contributed by atoms with van der Waals surface area (Å²) in [5, 5.41) is 29.0. The van der Waals surface area contributed by atoms with E-state index in [2.05, 4.69) is 22.0 Å². The summed E-state index contributed by atoms with van der Waals surface area (Å²) in [6.07, 6.45) is 0.742. The molecule has 0 spiro atoms. The lowest BCUT2D eigenvalue weighted by atomic mass is 10.1. The van der Waals surface area contributed by atoms with E-state index < -0.39 is 11.0 Å². The van der Waals surface area contributed by atoms with E-state index in [0.29, 0.717) is 17.1 Å². The first-order valence-corrected chi connectivity index (χ1v) is 8.46. The first-order valence-electron chi connectivity index (χ1n) is 7.27. The van der Waals surface area contributed by atoms with Gasteiger partial charge in [-0.05, 0) is 24.6 Å². The lowest BCUT2D eigenvalue weighted by molar-refractivity contribution is -0.384. The van der Waals surface area contributed by atoms with E-state index in [0.717, 1.165) is 29.5 Å². The molecule has 1 aromatic heterocycles. The van der Waals surface area contributed by atoms with Gasteiger partial charge in [0.25, 0.3) is 5.69 Å². The van der Waals surface area contributed by atoms with Crippen molar-refractivity contribution in [3.63, 3.8) is 0 Å². The number of thiophene rings is 1. The maximum absolute atomic E-state index is 12.2. The third kappa shape index (κ3) is 3.56. The number of non-ortho nitro benzene ring substituents is 1. The van der Waals surface area contributed by atoms with Crippen LogP contribution in [0, 0.1) is 21.4 Å². The van der Waals surface area contributed by atoms with Gasteiger partial charge < -0.3 is 10.6 Å². The highest BCUT2D eigenvalue weighted by Gasteiger charge is 2.22. The number of hydrogen-bond donors (Lipinski definition) is 3. The molecular formula is C15H12ClN5O3S. The number of nitrogens with one attached hydrogen (secondary N) is 3. The zero-order chi connectivity index (χ0) is 18.0. The predicted octanol–water partition coefficient (Wildman–Crippen LogP) is 3.47. The lowest BCUT2D eigenvalue weighted by Crippen LogP contribution is -2.22. The van der Waals surface area contributed by atoms with Crippen molar-refractivity contribution < 1.29 is 9.72 Å². The van der Waals surface area contributed by atoms with Gasteiger partial charge in [-0.25, -0.2) is 4.79 Å². The molecule has 0 fully saturated rings. The molecule has 8 nitrogen and oxygen atoms in total. The van der Waals surface area contributed by atoms with Crippen LogP contribution in [-0.2, 0) is 13.0 Å². The van der Waals surface area contributed by atoms with Crippen molar-refractivity contribution >= 4 is 45.3 Å². The average molecular weight is 378 g/mol. The highest BCUT2D eigenvalue weighted by Crippen LogP contribution is 2.35. The summed E-state index contributed by atoms with van der Waals surface area (Å²) in [6, 6.07) is 5.34. The second-order valence-corrected chi connectivity index (χ2v) is 6.76. The molecule has 25 heavy (non-hydrogen) atoms. The quantitative estimate of drug-likeness (QED) is 0.558. The number of urea groups is 1. The number of carbonyl (C=O) groups excluding carboxylic acids is 1. The Morgan fingerprint density at radius 3 is 2.92 bits per heavy atom. The molecule has 0 radical (unpaired) electrons. The molecule has 0 bridgehead atoms. The largest absolute Gasteiger partial charge is 0.324 e. The zero-order valence-corrected chi connectivity index (χ0v) is 14.3. The van der Waals surface area contributed by atoms with Gasteiger partial charge in [0.2, 0.25) is 0 Å². The Labute approximate surface area is 151 Å². The van der Waals surface area contributed by atoms with E-state index in [1.54, 1.807) is 0 Å². The number of benzene rings is 1. The Balaban J connectivity index is 1.77. The summed E-state index contributed by atoms with van der Waals surface area (Å²) in [5.41, 5.74) is 1.52.